The molecular formula is C29H22BrFN4O2S. The Bertz CT molecular complexity index is 1840. The first kappa shape index (κ1) is 24.6. The molecule has 0 unspecified atom stereocenters. The molecule has 0 saturated carbocycles. The standard InChI is InChI=1S/C29H22BrFN4O2S/c1-29(2,3)18-8-6-17(7-9-18)25-32-28-35(33-25)27(37)24(38-28)23-21-14-19(30)10-13-22(21)34(26(23)36)15-16-4-11-20(31)12-5-16/h4-14H,15H2,1-3H3/b24-23-. The van der Waals surface area contributed by atoms with Crippen LogP contribution in [0, 0.1) is 5.82 Å². The van der Waals surface area contributed by atoms with Crippen LogP contribution in [0.25, 0.3) is 21.9 Å². The number of thiazole rings is 1. The quantitative estimate of drug-likeness (QED) is 0.280. The molecular weight excluding hydrogens is 567 g/mol. The molecule has 0 radical (unpaired) electrons. The second-order valence-corrected chi connectivity index (χ2v) is 12.1. The molecule has 2 aromatic heterocycles. The summed E-state index contributed by atoms with van der Waals surface area (Å²) in [5.41, 5.74) is 4.11. The van der Waals surface area contributed by atoms with Gasteiger partial charge in [-0.25, -0.2) is 4.39 Å². The van der Waals surface area contributed by atoms with E-state index in [0.717, 1.165) is 26.9 Å². The summed E-state index contributed by atoms with van der Waals surface area (Å²) in [5.74, 6) is -0.167. The molecule has 9 heteroatoms. The fourth-order valence-electron chi connectivity index (χ4n) is 4.58. The third kappa shape index (κ3) is 4.16. The fourth-order valence-corrected chi connectivity index (χ4v) is 5.94. The second kappa shape index (κ2) is 8.96. The molecule has 0 saturated heterocycles. The smallest absolute Gasteiger partial charge is 0.291 e. The molecule has 0 N–H and O–H groups in total. The van der Waals surface area contributed by atoms with Crippen LogP contribution in [0.3, 0.4) is 0 Å². The van der Waals surface area contributed by atoms with Gasteiger partial charge in [-0.2, -0.15) is 9.50 Å². The van der Waals surface area contributed by atoms with Crippen LogP contribution in [-0.2, 0) is 16.8 Å². The highest BCUT2D eigenvalue weighted by molar-refractivity contribution is 9.10. The number of anilines is 1. The third-order valence-corrected chi connectivity index (χ3v) is 8.15. The average molecular weight is 589 g/mol. The summed E-state index contributed by atoms with van der Waals surface area (Å²) in [4.78, 5) is 33.9. The average Bonchev–Trinajstić information content (AvgIpc) is 3.51. The van der Waals surface area contributed by atoms with Gasteiger partial charge in [0, 0.05) is 15.6 Å². The fraction of sp³-hybridized carbons (Fsp3) is 0.172. The van der Waals surface area contributed by atoms with Crippen molar-refractivity contribution in [2.24, 2.45) is 0 Å². The van der Waals surface area contributed by atoms with E-state index in [1.807, 2.05) is 42.5 Å². The van der Waals surface area contributed by atoms with Crippen molar-refractivity contribution in [3.05, 3.63) is 109 Å². The molecule has 0 fully saturated rings. The van der Waals surface area contributed by atoms with Crippen LogP contribution in [0.15, 0.2) is 76.0 Å². The van der Waals surface area contributed by atoms with Gasteiger partial charge in [-0.05, 0) is 46.9 Å². The van der Waals surface area contributed by atoms with Crippen LogP contribution < -0.4 is 15.0 Å². The van der Waals surface area contributed by atoms with Crippen molar-refractivity contribution in [2.75, 3.05) is 4.90 Å². The summed E-state index contributed by atoms with van der Waals surface area (Å²) in [7, 11) is 0. The lowest BCUT2D eigenvalue weighted by molar-refractivity contribution is -0.113. The Morgan fingerprint density at radius 1 is 0.974 bits per heavy atom. The zero-order valence-electron chi connectivity index (χ0n) is 20.8. The number of aromatic nitrogens is 3. The number of fused-ring (bicyclic) bond motifs is 2. The van der Waals surface area contributed by atoms with Gasteiger partial charge in [0.05, 0.1) is 17.8 Å². The summed E-state index contributed by atoms with van der Waals surface area (Å²) in [6, 6.07) is 19.6. The molecule has 38 heavy (non-hydrogen) atoms. The highest BCUT2D eigenvalue weighted by atomic mass is 79.9. The van der Waals surface area contributed by atoms with Crippen LogP contribution in [0.4, 0.5) is 10.1 Å². The number of halogens is 2. The molecule has 6 nitrogen and oxygen atoms in total. The largest absolute Gasteiger partial charge is 0.303 e. The highest BCUT2D eigenvalue weighted by Crippen LogP contribution is 2.38. The highest BCUT2D eigenvalue weighted by Gasteiger charge is 2.35. The van der Waals surface area contributed by atoms with Gasteiger partial charge in [0.25, 0.3) is 11.5 Å². The number of carbonyl (C=O) groups is 1. The number of hydrogen-bond acceptors (Lipinski definition) is 5. The Kier molecular flexibility index (Phi) is 5.81. The molecule has 190 valence electrons. The summed E-state index contributed by atoms with van der Waals surface area (Å²) in [6.07, 6.45) is 0. The monoisotopic (exact) mass is 588 g/mol. The van der Waals surface area contributed by atoms with Crippen LogP contribution in [-0.4, -0.2) is 20.5 Å². The van der Waals surface area contributed by atoms with E-state index < -0.39 is 0 Å². The molecule has 3 heterocycles. The van der Waals surface area contributed by atoms with Crippen molar-refractivity contribution in [1.82, 2.24) is 14.6 Å². The van der Waals surface area contributed by atoms with Gasteiger partial charge in [-0.3, -0.25) is 9.59 Å². The number of nitrogens with zero attached hydrogens (tertiary/aromatic N) is 4. The number of benzene rings is 3. The van der Waals surface area contributed by atoms with Crippen LogP contribution >= 0.6 is 27.3 Å². The first-order valence-electron chi connectivity index (χ1n) is 12.0. The minimum Gasteiger partial charge on any atom is -0.303 e. The van der Waals surface area contributed by atoms with Gasteiger partial charge in [0.15, 0.2) is 5.82 Å². The number of hydrogen-bond donors (Lipinski definition) is 0. The van der Waals surface area contributed by atoms with E-state index in [1.165, 1.54) is 22.2 Å². The summed E-state index contributed by atoms with van der Waals surface area (Å²) in [6.45, 7) is 6.70. The molecule has 1 aliphatic rings. The van der Waals surface area contributed by atoms with E-state index in [0.29, 0.717) is 32.1 Å². The van der Waals surface area contributed by atoms with E-state index >= 15 is 0 Å². The number of amides is 1. The van der Waals surface area contributed by atoms with Crippen molar-refractivity contribution >= 4 is 49.4 Å². The Hall–Kier alpha value is -3.69. The van der Waals surface area contributed by atoms with Crippen molar-refractivity contribution < 1.29 is 9.18 Å². The third-order valence-electron chi connectivity index (χ3n) is 6.63. The van der Waals surface area contributed by atoms with Gasteiger partial charge in [-0.15, -0.1) is 5.10 Å². The maximum atomic E-state index is 13.7. The molecule has 0 atom stereocenters. The van der Waals surface area contributed by atoms with Gasteiger partial charge < -0.3 is 4.90 Å². The zero-order chi connectivity index (χ0) is 26.8. The molecule has 1 amide bonds. The van der Waals surface area contributed by atoms with Crippen molar-refractivity contribution in [3.8, 4) is 11.4 Å². The Morgan fingerprint density at radius 3 is 2.34 bits per heavy atom. The van der Waals surface area contributed by atoms with Crippen molar-refractivity contribution in [1.29, 1.82) is 0 Å². The van der Waals surface area contributed by atoms with Crippen LogP contribution in [0.1, 0.15) is 37.5 Å². The Balaban J connectivity index is 1.45. The van der Waals surface area contributed by atoms with Crippen LogP contribution in [0.5, 0.6) is 0 Å². The lowest BCUT2D eigenvalue weighted by atomic mass is 9.87. The molecule has 5 aromatic rings. The molecule has 0 spiro atoms. The van der Waals surface area contributed by atoms with E-state index in [2.05, 4.69) is 46.8 Å². The molecule has 1 aliphatic heterocycles. The Morgan fingerprint density at radius 2 is 1.68 bits per heavy atom. The van der Waals surface area contributed by atoms with Crippen LogP contribution in [0.2, 0.25) is 0 Å². The zero-order valence-corrected chi connectivity index (χ0v) is 23.2. The summed E-state index contributed by atoms with van der Waals surface area (Å²) < 4.78 is 15.8. The number of carbonyl (C=O) groups excluding carboxylic acids is 1. The van der Waals surface area contributed by atoms with E-state index in [4.69, 9.17) is 0 Å². The summed E-state index contributed by atoms with van der Waals surface area (Å²) >= 11 is 4.64. The Labute approximate surface area is 230 Å². The van der Waals surface area contributed by atoms with Gasteiger partial charge in [0.2, 0.25) is 4.96 Å². The van der Waals surface area contributed by atoms with Crippen molar-refractivity contribution in [3.63, 3.8) is 0 Å². The first-order valence-corrected chi connectivity index (χ1v) is 13.6. The van der Waals surface area contributed by atoms with Crippen molar-refractivity contribution in [2.45, 2.75) is 32.7 Å². The predicted molar refractivity (Wildman–Crippen MR) is 151 cm³/mol. The SMILES string of the molecule is CC(C)(C)c1ccc(-c2nc3s/c(=C4\C(=O)N(Cc5ccc(F)cc5)c5ccc(Br)cc54)c(=O)n3n2)cc1. The minimum absolute atomic E-state index is 0.0263. The maximum Gasteiger partial charge on any atom is 0.291 e. The lowest BCUT2D eigenvalue weighted by Crippen LogP contribution is -2.32. The van der Waals surface area contributed by atoms with E-state index in [9.17, 15) is 14.0 Å². The van der Waals surface area contributed by atoms with Gasteiger partial charge in [0.1, 0.15) is 10.3 Å². The van der Waals surface area contributed by atoms with Gasteiger partial charge >= 0.3 is 0 Å². The predicted octanol–water partition coefficient (Wildman–Crippen LogP) is 5.48. The molecule has 3 aromatic carbocycles. The topological polar surface area (TPSA) is 67.6 Å². The molecule has 6 rings (SSSR count). The maximum absolute atomic E-state index is 13.7. The lowest BCUT2D eigenvalue weighted by Gasteiger charge is -2.18. The summed E-state index contributed by atoms with van der Waals surface area (Å²) in [5, 5.41) is 4.48. The minimum atomic E-state index is -0.382. The number of rotatable bonds is 3. The molecule has 0 aliphatic carbocycles. The van der Waals surface area contributed by atoms with Gasteiger partial charge in [-0.1, -0.05) is 84.4 Å². The first-order chi connectivity index (χ1) is 18.1. The second-order valence-electron chi connectivity index (χ2n) is 10.2. The van der Waals surface area contributed by atoms with E-state index in [1.54, 1.807) is 17.0 Å². The van der Waals surface area contributed by atoms with E-state index in [-0.39, 0.29) is 29.2 Å². The normalized spacial score (nSPS) is 15.0. The molecule has 0 bridgehead atoms.